The Hall–Kier alpha value is -1.95. The molecule has 1 aromatic rings. The summed E-state index contributed by atoms with van der Waals surface area (Å²) >= 11 is 0. The quantitative estimate of drug-likeness (QED) is 0.573. The minimum absolute atomic E-state index is 0.145. The van der Waals surface area contributed by atoms with Crippen molar-refractivity contribution in [1.29, 1.82) is 0 Å². The Morgan fingerprint density at radius 2 is 2.27 bits per heavy atom. The summed E-state index contributed by atoms with van der Waals surface area (Å²) < 4.78 is 0. The van der Waals surface area contributed by atoms with Gasteiger partial charge in [0.25, 0.3) is 5.69 Å². The molecule has 6 nitrogen and oxygen atoms in total. The molecule has 0 spiro atoms. The van der Waals surface area contributed by atoms with E-state index in [4.69, 9.17) is 5.73 Å². The average Bonchev–Trinajstić information content (AvgIpc) is 2.17. The minimum atomic E-state index is -0.551. The molecule has 0 unspecified atom stereocenters. The lowest BCUT2D eigenvalue weighted by molar-refractivity contribution is -0.384. The third kappa shape index (κ3) is 2.75. The highest BCUT2D eigenvalue weighted by Gasteiger charge is 2.14. The van der Waals surface area contributed by atoms with Crippen LogP contribution in [0.4, 0.5) is 11.4 Å². The van der Waals surface area contributed by atoms with Crippen molar-refractivity contribution in [3.8, 4) is 0 Å². The molecule has 3 N–H and O–H groups in total. The fourth-order valence-corrected chi connectivity index (χ4v) is 1.15. The van der Waals surface area contributed by atoms with E-state index in [0.29, 0.717) is 5.56 Å². The molecule has 0 saturated heterocycles. The molecule has 0 fully saturated rings. The number of hydrogen-bond donors (Lipinski definition) is 2. The fraction of sp³-hybridized carbons (Fsp3) is 0.222. The molecule has 0 heterocycles. The van der Waals surface area contributed by atoms with Crippen molar-refractivity contribution in [2.45, 2.75) is 13.5 Å². The van der Waals surface area contributed by atoms with E-state index >= 15 is 0 Å². The molecule has 0 atom stereocenters. The monoisotopic (exact) mass is 209 g/mol. The van der Waals surface area contributed by atoms with Crippen LogP contribution < -0.4 is 11.1 Å². The number of nitrogens with zero attached hydrogens (tertiary/aromatic N) is 1. The molecule has 0 bridgehead atoms. The van der Waals surface area contributed by atoms with E-state index in [-0.39, 0.29) is 23.8 Å². The van der Waals surface area contributed by atoms with Crippen LogP contribution in [0.5, 0.6) is 0 Å². The first-order valence-electron chi connectivity index (χ1n) is 4.29. The van der Waals surface area contributed by atoms with Gasteiger partial charge in [0.2, 0.25) is 5.91 Å². The maximum atomic E-state index is 10.8. The van der Waals surface area contributed by atoms with Crippen molar-refractivity contribution in [3.05, 3.63) is 33.9 Å². The fourth-order valence-electron chi connectivity index (χ4n) is 1.15. The van der Waals surface area contributed by atoms with Crippen LogP contribution in [0.1, 0.15) is 12.5 Å². The third-order valence-corrected chi connectivity index (χ3v) is 1.81. The van der Waals surface area contributed by atoms with Crippen molar-refractivity contribution in [2.75, 3.05) is 5.32 Å². The van der Waals surface area contributed by atoms with Gasteiger partial charge in [-0.05, 0) is 11.6 Å². The normalized spacial score (nSPS) is 9.73. The van der Waals surface area contributed by atoms with E-state index < -0.39 is 4.92 Å². The number of anilines is 1. The van der Waals surface area contributed by atoms with E-state index in [0.717, 1.165) is 0 Å². The number of rotatable bonds is 3. The van der Waals surface area contributed by atoms with Crippen LogP contribution in [0.2, 0.25) is 0 Å². The van der Waals surface area contributed by atoms with Crippen molar-refractivity contribution in [1.82, 2.24) is 0 Å². The van der Waals surface area contributed by atoms with Gasteiger partial charge in [0.15, 0.2) is 0 Å². The third-order valence-electron chi connectivity index (χ3n) is 1.81. The van der Waals surface area contributed by atoms with Crippen molar-refractivity contribution >= 4 is 17.3 Å². The smallest absolute Gasteiger partial charge is 0.293 e. The lowest BCUT2D eigenvalue weighted by Crippen LogP contribution is -2.08. The standard InChI is InChI=1S/C9H11N3O3/c1-6(13)11-8-3-2-7(5-10)4-9(8)12(14)15/h2-4H,5,10H2,1H3,(H,11,13). The first-order valence-corrected chi connectivity index (χ1v) is 4.29. The highest BCUT2D eigenvalue weighted by molar-refractivity contribution is 5.91. The largest absolute Gasteiger partial charge is 0.326 e. The van der Waals surface area contributed by atoms with Gasteiger partial charge in [-0.3, -0.25) is 14.9 Å². The summed E-state index contributed by atoms with van der Waals surface area (Å²) in [5, 5.41) is 13.1. The summed E-state index contributed by atoms with van der Waals surface area (Å²) in [5.74, 6) is -0.349. The van der Waals surface area contributed by atoms with Gasteiger partial charge in [-0.15, -0.1) is 0 Å². The highest BCUT2D eigenvalue weighted by atomic mass is 16.6. The number of nitrogens with one attached hydrogen (secondary N) is 1. The molecule has 15 heavy (non-hydrogen) atoms. The lowest BCUT2D eigenvalue weighted by Gasteiger charge is -2.04. The molecule has 0 aliphatic rings. The number of carbonyl (C=O) groups is 1. The Morgan fingerprint density at radius 1 is 1.60 bits per heavy atom. The van der Waals surface area contributed by atoms with Gasteiger partial charge in [-0.25, -0.2) is 0 Å². The molecule has 0 aliphatic carbocycles. The van der Waals surface area contributed by atoms with E-state index in [1.807, 2.05) is 0 Å². The van der Waals surface area contributed by atoms with Gasteiger partial charge >= 0.3 is 0 Å². The molecule has 0 radical (unpaired) electrons. The summed E-state index contributed by atoms with van der Waals surface area (Å²) in [4.78, 5) is 20.9. The van der Waals surface area contributed by atoms with Gasteiger partial charge in [0.05, 0.1) is 4.92 Å². The second-order valence-electron chi connectivity index (χ2n) is 2.99. The van der Waals surface area contributed by atoms with Gasteiger partial charge in [-0.1, -0.05) is 6.07 Å². The number of nitro groups is 1. The number of hydrogen-bond acceptors (Lipinski definition) is 4. The van der Waals surface area contributed by atoms with Crippen LogP contribution in [0.25, 0.3) is 0 Å². The van der Waals surface area contributed by atoms with E-state index in [9.17, 15) is 14.9 Å². The summed E-state index contributed by atoms with van der Waals surface area (Å²) in [5.41, 5.74) is 6.05. The molecule has 0 aromatic heterocycles. The van der Waals surface area contributed by atoms with Gasteiger partial charge in [0, 0.05) is 19.5 Å². The second-order valence-corrected chi connectivity index (χ2v) is 2.99. The van der Waals surface area contributed by atoms with Crippen molar-refractivity contribution in [3.63, 3.8) is 0 Å². The minimum Gasteiger partial charge on any atom is -0.326 e. The van der Waals surface area contributed by atoms with Crippen molar-refractivity contribution in [2.24, 2.45) is 5.73 Å². The van der Waals surface area contributed by atoms with Crippen LogP contribution >= 0.6 is 0 Å². The Labute approximate surface area is 86.2 Å². The molecule has 1 rings (SSSR count). The Bertz CT molecular complexity index is 404. The van der Waals surface area contributed by atoms with E-state index in [2.05, 4.69) is 5.32 Å². The number of amides is 1. The maximum Gasteiger partial charge on any atom is 0.293 e. The number of benzene rings is 1. The molecular weight excluding hydrogens is 198 g/mol. The molecule has 80 valence electrons. The first-order chi connectivity index (χ1) is 7.04. The summed E-state index contributed by atoms with van der Waals surface area (Å²) in [6.07, 6.45) is 0. The maximum absolute atomic E-state index is 10.8. The predicted octanol–water partition coefficient (Wildman–Crippen LogP) is 1.01. The topological polar surface area (TPSA) is 98.3 Å². The molecule has 0 saturated carbocycles. The average molecular weight is 209 g/mol. The summed E-state index contributed by atoms with van der Waals surface area (Å²) in [6, 6.07) is 4.46. The Kier molecular flexibility index (Phi) is 3.35. The SMILES string of the molecule is CC(=O)Nc1ccc(CN)cc1[N+](=O)[O-]. The van der Waals surface area contributed by atoms with Gasteiger partial charge < -0.3 is 11.1 Å². The summed E-state index contributed by atoms with van der Waals surface area (Å²) in [7, 11) is 0. The van der Waals surface area contributed by atoms with Crippen LogP contribution in [0.15, 0.2) is 18.2 Å². The molecule has 1 aromatic carbocycles. The van der Waals surface area contributed by atoms with Crippen LogP contribution in [-0.2, 0) is 11.3 Å². The molecule has 6 heteroatoms. The number of nitro benzene ring substituents is 1. The zero-order valence-corrected chi connectivity index (χ0v) is 8.19. The van der Waals surface area contributed by atoms with Crippen molar-refractivity contribution < 1.29 is 9.72 Å². The Morgan fingerprint density at radius 3 is 2.73 bits per heavy atom. The zero-order valence-electron chi connectivity index (χ0n) is 8.19. The number of nitrogens with two attached hydrogens (primary N) is 1. The zero-order chi connectivity index (χ0) is 11.4. The second kappa shape index (κ2) is 4.52. The van der Waals surface area contributed by atoms with E-state index in [1.54, 1.807) is 6.07 Å². The summed E-state index contributed by atoms with van der Waals surface area (Å²) in [6.45, 7) is 1.52. The molecule has 0 aliphatic heterocycles. The molecular formula is C9H11N3O3. The first kappa shape index (κ1) is 11.1. The van der Waals surface area contributed by atoms with Crippen LogP contribution in [0.3, 0.4) is 0 Å². The van der Waals surface area contributed by atoms with E-state index in [1.165, 1.54) is 19.1 Å². The Balaban J connectivity index is 3.15. The van der Waals surface area contributed by atoms with Gasteiger partial charge in [-0.2, -0.15) is 0 Å². The molecule has 1 amide bonds. The predicted molar refractivity (Wildman–Crippen MR) is 55.3 cm³/mol. The van der Waals surface area contributed by atoms with Crippen LogP contribution in [0, 0.1) is 10.1 Å². The highest BCUT2D eigenvalue weighted by Crippen LogP contribution is 2.25. The van der Waals surface area contributed by atoms with Gasteiger partial charge in [0.1, 0.15) is 5.69 Å². The number of carbonyl (C=O) groups excluding carboxylic acids is 1. The lowest BCUT2D eigenvalue weighted by atomic mass is 10.1. The van der Waals surface area contributed by atoms with Crippen LogP contribution in [-0.4, -0.2) is 10.8 Å².